The van der Waals surface area contributed by atoms with Crippen LogP contribution in [0.5, 0.6) is 5.75 Å². The summed E-state index contributed by atoms with van der Waals surface area (Å²) >= 11 is 0. The van der Waals surface area contributed by atoms with E-state index >= 15 is 0 Å². The first-order chi connectivity index (χ1) is 10.3. The van der Waals surface area contributed by atoms with Gasteiger partial charge in [0, 0.05) is 11.8 Å². The maximum absolute atomic E-state index is 11.6. The van der Waals surface area contributed by atoms with E-state index in [9.17, 15) is 4.79 Å². The second-order valence-corrected chi connectivity index (χ2v) is 7.96. The first-order valence-electron chi connectivity index (χ1n) is 7.77. The Bertz CT molecular complexity index is 645. The SMILES string of the molecule is CCC(=O)Oc1ccc([SH]2CCCCC2)c2ccccc12. The van der Waals surface area contributed by atoms with E-state index in [1.165, 1.54) is 41.0 Å². The molecule has 0 bridgehead atoms. The number of thiol groups is 1. The molecule has 0 unspecified atom stereocenters. The van der Waals surface area contributed by atoms with Crippen LogP contribution in [-0.4, -0.2) is 17.5 Å². The summed E-state index contributed by atoms with van der Waals surface area (Å²) in [7, 11) is -0.0435. The number of hydrogen-bond donors (Lipinski definition) is 1. The third-order valence-corrected chi connectivity index (χ3v) is 6.85. The van der Waals surface area contributed by atoms with E-state index in [1.807, 2.05) is 19.1 Å². The van der Waals surface area contributed by atoms with E-state index in [-0.39, 0.29) is 16.9 Å². The lowest BCUT2D eigenvalue weighted by molar-refractivity contribution is -0.133. The van der Waals surface area contributed by atoms with Gasteiger partial charge in [-0.1, -0.05) is 37.6 Å². The summed E-state index contributed by atoms with van der Waals surface area (Å²) < 4.78 is 5.49. The molecule has 3 rings (SSSR count). The van der Waals surface area contributed by atoms with Crippen molar-refractivity contribution in [3.8, 4) is 5.75 Å². The molecule has 1 aliphatic rings. The fraction of sp³-hybridized carbons (Fsp3) is 0.389. The molecule has 3 heteroatoms. The van der Waals surface area contributed by atoms with Crippen molar-refractivity contribution in [1.29, 1.82) is 0 Å². The molecule has 0 radical (unpaired) electrons. The number of carbonyl (C=O) groups is 1. The Morgan fingerprint density at radius 3 is 2.48 bits per heavy atom. The predicted molar refractivity (Wildman–Crippen MR) is 90.7 cm³/mol. The molecule has 1 heterocycles. The Morgan fingerprint density at radius 2 is 1.76 bits per heavy atom. The van der Waals surface area contributed by atoms with Crippen LogP contribution in [0.4, 0.5) is 0 Å². The Kier molecular flexibility index (Phi) is 4.49. The van der Waals surface area contributed by atoms with Gasteiger partial charge >= 0.3 is 5.97 Å². The molecule has 0 aliphatic carbocycles. The molecule has 1 saturated heterocycles. The molecule has 21 heavy (non-hydrogen) atoms. The zero-order chi connectivity index (χ0) is 14.7. The van der Waals surface area contributed by atoms with Gasteiger partial charge in [0.15, 0.2) is 0 Å². The van der Waals surface area contributed by atoms with Crippen LogP contribution in [0.2, 0.25) is 0 Å². The summed E-state index contributed by atoms with van der Waals surface area (Å²) in [5.74, 6) is 3.21. The number of rotatable bonds is 3. The van der Waals surface area contributed by atoms with Gasteiger partial charge in [0.25, 0.3) is 0 Å². The second kappa shape index (κ2) is 6.52. The van der Waals surface area contributed by atoms with Crippen molar-refractivity contribution in [2.75, 3.05) is 11.5 Å². The van der Waals surface area contributed by atoms with Crippen molar-refractivity contribution in [2.24, 2.45) is 0 Å². The lowest BCUT2D eigenvalue weighted by Crippen LogP contribution is -2.07. The zero-order valence-corrected chi connectivity index (χ0v) is 13.4. The molecule has 0 atom stereocenters. The quantitative estimate of drug-likeness (QED) is 0.505. The van der Waals surface area contributed by atoms with E-state index in [2.05, 4.69) is 24.3 Å². The normalized spacial score (nSPS) is 16.9. The van der Waals surface area contributed by atoms with E-state index in [4.69, 9.17) is 4.74 Å². The van der Waals surface area contributed by atoms with Gasteiger partial charge in [-0.2, -0.15) is 0 Å². The minimum Gasteiger partial charge on any atom is -0.426 e. The fourth-order valence-corrected chi connectivity index (χ4v) is 5.69. The Balaban J connectivity index is 2.03. The number of esters is 1. The molecule has 1 aliphatic heterocycles. The average molecular weight is 302 g/mol. The van der Waals surface area contributed by atoms with Crippen molar-refractivity contribution in [2.45, 2.75) is 37.5 Å². The van der Waals surface area contributed by atoms with E-state index in [1.54, 1.807) is 0 Å². The number of fused-ring (bicyclic) bond motifs is 1. The van der Waals surface area contributed by atoms with Crippen LogP contribution in [0, 0.1) is 0 Å². The molecule has 2 nitrogen and oxygen atoms in total. The van der Waals surface area contributed by atoms with Crippen LogP contribution in [0.1, 0.15) is 32.6 Å². The van der Waals surface area contributed by atoms with Gasteiger partial charge in [0.05, 0.1) is 0 Å². The van der Waals surface area contributed by atoms with Gasteiger partial charge in [-0.25, -0.2) is 10.9 Å². The molecule has 0 amide bonds. The van der Waals surface area contributed by atoms with Gasteiger partial charge in [0.1, 0.15) is 5.75 Å². The molecule has 0 aromatic heterocycles. The molecular weight excluding hydrogens is 280 g/mol. The minimum absolute atomic E-state index is 0.0435. The number of benzene rings is 2. The third kappa shape index (κ3) is 3.08. The minimum atomic E-state index is -0.170. The van der Waals surface area contributed by atoms with Gasteiger partial charge in [-0.3, -0.25) is 4.79 Å². The first-order valence-corrected chi connectivity index (χ1v) is 9.48. The van der Waals surface area contributed by atoms with Crippen molar-refractivity contribution >= 4 is 27.6 Å². The van der Waals surface area contributed by atoms with Crippen LogP contribution in [-0.2, 0) is 4.79 Å². The summed E-state index contributed by atoms with van der Waals surface area (Å²) in [6, 6.07) is 12.5. The molecule has 112 valence electrons. The maximum atomic E-state index is 11.6. The molecule has 2 aromatic carbocycles. The summed E-state index contributed by atoms with van der Waals surface area (Å²) in [5.41, 5.74) is 0. The predicted octanol–water partition coefficient (Wildman–Crippen LogP) is 4.70. The fourth-order valence-electron chi connectivity index (χ4n) is 2.95. The molecule has 0 saturated carbocycles. The highest BCUT2D eigenvalue weighted by Crippen LogP contribution is 2.46. The Hall–Kier alpha value is -1.48. The van der Waals surface area contributed by atoms with Crippen molar-refractivity contribution < 1.29 is 9.53 Å². The number of ether oxygens (including phenoxy) is 1. The van der Waals surface area contributed by atoms with Crippen molar-refractivity contribution in [1.82, 2.24) is 0 Å². The highest BCUT2D eigenvalue weighted by Gasteiger charge is 2.16. The van der Waals surface area contributed by atoms with Crippen LogP contribution < -0.4 is 4.74 Å². The summed E-state index contributed by atoms with van der Waals surface area (Å²) in [6.45, 7) is 1.82. The highest BCUT2D eigenvalue weighted by molar-refractivity contribution is 8.17. The molecule has 0 spiro atoms. The number of hydrogen-bond acceptors (Lipinski definition) is 2. The monoisotopic (exact) mass is 302 g/mol. The Labute approximate surface area is 128 Å². The maximum Gasteiger partial charge on any atom is 0.310 e. The highest BCUT2D eigenvalue weighted by atomic mass is 32.2. The third-order valence-electron chi connectivity index (χ3n) is 4.07. The van der Waals surface area contributed by atoms with Gasteiger partial charge < -0.3 is 4.74 Å². The topological polar surface area (TPSA) is 26.3 Å². The first kappa shape index (κ1) is 14.5. The summed E-state index contributed by atoms with van der Waals surface area (Å²) in [4.78, 5) is 13.1. The molecule has 1 fully saturated rings. The molecule has 2 aromatic rings. The Morgan fingerprint density at radius 1 is 1.05 bits per heavy atom. The largest absolute Gasteiger partial charge is 0.426 e. The smallest absolute Gasteiger partial charge is 0.310 e. The zero-order valence-electron chi connectivity index (χ0n) is 12.5. The summed E-state index contributed by atoms with van der Waals surface area (Å²) in [5, 5.41) is 2.34. The summed E-state index contributed by atoms with van der Waals surface area (Å²) in [6.07, 6.45) is 4.49. The van der Waals surface area contributed by atoms with Crippen LogP contribution in [0.3, 0.4) is 0 Å². The van der Waals surface area contributed by atoms with Gasteiger partial charge in [0.2, 0.25) is 0 Å². The average Bonchev–Trinajstić information content (AvgIpc) is 2.56. The number of carbonyl (C=O) groups excluding carboxylic acids is 1. The van der Waals surface area contributed by atoms with E-state index in [0.29, 0.717) is 12.2 Å². The molecular formula is C18H22O2S. The van der Waals surface area contributed by atoms with Gasteiger partial charge in [-0.05, 0) is 46.8 Å². The standard InChI is InChI=1S/C18H22O2S/c1-2-18(19)20-16-10-11-17(21-12-6-3-7-13-21)15-9-5-4-8-14(15)16/h4-5,8-11,21H,2-3,6-7,12-13H2,1H3. The lowest BCUT2D eigenvalue weighted by atomic mass is 10.1. The van der Waals surface area contributed by atoms with Crippen molar-refractivity contribution in [3.05, 3.63) is 36.4 Å². The van der Waals surface area contributed by atoms with E-state index in [0.717, 1.165) is 5.39 Å². The van der Waals surface area contributed by atoms with E-state index < -0.39 is 0 Å². The van der Waals surface area contributed by atoms with Crippen molar-refractivity contribution in [3.63, 3.8) is 0 Å². The van der Waals surface area contributed by atoms with Crippen LogP contribution in [0.15, 0.2) is 41.3 Å². The lowest BCUT2D eigenvalue weighted by Gasteiger charge is -2.27. The van der Waals surface area contributed by atoms with Crippen LogP contribution >= 0.6 is 10.9 Å². The van der Waals surface area contributed by atoms with Crippen LogP contribution in [0.25, 0.3) is 10.8 Å². The molecule has 0 N–H and O–H groups in total. The second-order valence-electron chi connectivity index (χ2n) is 5.50. The van der Waals surface area contributed by atoms with Gasteiger partial charge in [-0.15, -0.1) is 0 Å².